The number of nitrogens with one attached hydrogen (secondary N) is 2. The number of furan rings is 1. The lowest BCUT2D eigenvalue weighted by atomic mass is 9.83. The first kappa shape index (κ1) is 18.7. The average Bonchev–Trinajstić information content (AvgIpc) is 3.19. The molecule has 0 bridgehead atoms. The molecule has 1 aliphatic rings. The summed E-state index contributed by atoms with van der Waals surface area (Å²) in [6, 6.07) is 12.1. The highest BCUT2D eigenvalue weighted by molar-refractivity contribution is 5.92. The first-order valence-corrected chi connectivity index (χ1v) is 9.86. The van der Waals surface area contributed by atoms with Crippen LogP contribution in [0, 0.1) is 5.92 Å². The number of benzene rings is 1. The molecule has 4 heteroatoms. The lowest BCUT2D eigenvalue weighted by Crippen LogP contribution is -2.46. The first-order valence-electron chi connectivity index (χ1n) is 9.86. The van der Waals surface area contributed by atoms with Gasteiger partial charge in [-0.2, -0.15) is 0 Å². The van der Waals surface area contributed by atoms with Crippen molar-refractivity contribution in [3.8, 4) is 11.3 Å². The molecular weight excluding hydrogens is 324 g/mol. The van der Waals surface area contributed by atoms with Gasteiger partial charge in [-0.25, -0.2) is 0 Å². The molecular formula is C22H30N2O2. The monoisotopic (exact) mass is 354 g/mol. The van der Waals surface area contributed by atoms with E-state index in [2.05, 4.69) is 29.7 Å². The molecule has 26 heavy (non-hydrogen) atoms. The van der Waals surface area contributed by atoms with Crippen molar-refractivity contribution >= 4 is 5.91 Å². The number of carbonyl (C=O) groups is 1. The van der Waals surface area contributed by atoms with Crippen LogP contribution < -0.4 is 10.6 Å². The second-order valence-corrected chi connectivity index (χ2v) is 7.25. The predicted molar refractivity (Wildman–Crippen MR) is 105 cm³/mol. The van der Waals surface area contributed by atoms with Gasteiger partial charge in [0.05, 0.1) is 0 Å². The highest BCUT2D eigenvalue weighted by atomic mass is 16.3. The van der Waals surface area contributed by atoms with Crippen molar-refractivity contribution in [3.05, 3.63) is 47.7 Å². The summed E-state index contributed by atoms with van der Waals surface area (Å²) >= 11 is 0. The van der Waals surface area contributed by atoms with Crippen LogP contribution in [0.15, 0.2) is 40.8 Å². The zero-order chi connectivity index (χ0) is 18.4. The molecule has 0 aliphatic heterocycles. The number of aryl methyl sites for hydroxylation is 1. The van der Waals surface area contributed by atoms with Crippen LogP contribution >= 0.6 is 0 Å². The van der Waals surface area contributed by atoms with Crippen molar-refractivity contribution in [1.82, 2.24) is 10.6 Å². The Balaban J connectivity index is 1.67. The standard InChI is InChI=1S/C22H30N2O2/c1-3-16-9-11-18(12-10-16)20-13-14-21(26-20)22(25)24-19(15-23-2)17-7-5-4-6-8-17/h9-14,17,19,23H,3-8,15H2,1-2H3,(H,24,25). The fourth-order valence-corrected chi connectivity index (χ4v) is 3.85. The summed E-state index contributed by atoms with van der Waals surface area (Å²) < 4.78 is 5.84. The number of amides is 1. The van der Waals surface area contributed by atoms with Gasteiger partial charge in [0, 0.05) is 18.2 Å². The topological polar surface area (TPSA) is 54.3 Å². The zero-order valence-electron chi connectivity index (χ0n) is 15.9. The van der Waals surface area contributed by atoms with Gasteiger partial charge in [-0.1, -0.05) is 50.5 Å². The van der Waals surface area contributed by atoms with Crippen molar-refractivity contribution in [2.45, 2.75) is 51.5 Å². The van der Waals surface area contributed by atoms with Gasteiger partial charge in [0.1, 0.15) is 5.76 Å². The molecule has 1 fully saturated rings. The van der Waals surface area contributed by atoms with Crippen LogP contribution in [0.4, 0.5) is 0 Å². The summed E-state index contributed by atoms with van der Waals surface area (Å²) in [6.07, 6.45) is 7.24. The minimum Gasteiger partial charge on any atom is -0.451 e. The Hall–Kier alpha value is -2.07. The van der Waals surface area contributed by atoms with E-state index in [0.717, 1.165) is 24.3 Å². The molecule has 1 aliphatic carbocycles. The van der Waals surface area contributed by atoms with Gasteiger partial charge >= 0.3 is 0 Å². The molecule has 140 valence electrons. The van der Waals surface area contributed by atoms with E-state index >= 15 is 0 Å². The smallest absolute Gasteiger partial charge is 0.287 e. The maximum Gasteiger partial charge on any atom is 0.287 e. The molecule has 3 rings (SSSR count). The van der Waals surface area contributed by atoms with E-state index in [-0.39, 0.29) is 11.9 Å². The summed E-state index contributed by atoms with van der Waals surface area (Å²) in [4.78, 5) is 12.7. The van der Waals surface area contributed by atoms with E-state index in [1.165, 1.54) is 37.7 Å². The normalized spacial score (nSPS) is 16.4. The molecule has 0 spiro atoms. The third kappa shape index (κ3) is 4.55. The minimum atomic E-state index is -0.118. The Labute approximate surface area is 156 Å². The summed E-state index contributed by atoms with van der Waals surface area (Å²) in [5.74, 6) is 1.56. The molecule has 1 aromatic heterocycles. The van der Waals surface area contributed by atoms with Gasteiger partial charge < -0.3 is 15.1 Å². The predicted octanol–water partition coefficient (Wildman–Crippen LogP) is 4.41. The molecule has 2 aromatic rings. The molecule has 1 saturated carbocycles. The first-order chi connectivity index (χ1) is 12.7. The summed E-state index contributed by atoms with van der Waals surface area (Å²) in [5, 5.41) is 6.41. The zero-order valence-corrected chi connectivity index (χ0v) is 15.9. The minimum absolute atomic E-state index is 0.118. The van der Waals surface area contributed by atoms with Gasteiger partial charge in [0.25, 0.3) is 5.91 Å². The Kier molecular flexibility index (Phi) is 6.51. The highest BCUT2D eigenvalue weighted by Crippen LogP contribution is 2.27. The van der Waals surface area contributed by atoms with Crippen molar-refractivity contribution < 1.29 is 9.21 Å². The fourth-order valence-electron chi connectivity index (χ4n) is 3.85. The van der Waals surface area contributed by atoms with Crippen LogP contribution in [-0.4, -0.2) is 25.5 Å². The Morgan fingerprint density at radius 1 is 1.12 bits per heavy atom. The van der Waals surface area contributed by atoms with Crippen LogP contribution in [-0.2, 0) is 6.42 Å². The summed E-state index contributed by atoms with van der Waals surface area (Å²) in [7, 11) is 1.94. The third-order valence-electron chi connectivity index (χ3n) is 5.44. The van der Waals surface area contributed by atoms with Gasteiger partial charge in [-0.15, -0.1) is 0 Å². The molecule has 0 saturated heterocycles. The molecule has 1 amide bonds. The van der Waals surface area contributed by atoms with Crippen molar-refractivity contribution in [2.24, 2.45) is 5.92 Å². The van der Waals surface area contributed by atoms with Crippen LogP contribution in [0.3, 0.4) is 0 Å². The van der Waals surface area contributed by atoms with Crippen LogP contribution in [0.2, 0.25) is 0 Å². The lowest BCUT2D eigenvalue weighted by molar-refractivity contribution is 0.0885. The quantitative estimate of drug-likeness (QED) is 0.774. The maximum atomic E-state index is 12.7. The molecule has 0 radical (unpaired) electrons. The second-order valence-electron chi connectivity index (χ2n) is 7.25. The number of carbonyl (C=O) groups excluding carboxylic acids is 1. The van der Waals surface area contributed by atoms with E-state index in [1.807, 2.05) is 25.2 Å². The number of hydrogen-bond acceptors (Lipinski definition) is 3. The molecule has 1 unspecified atom stereocenters. The Bertz CT molecular complexity index is 699. The summed E-state index contributed by atoms with van der Waals surface area (Å²) in [6.45, 7) is 2.93. The average molecular weight is 354 g/mol. The SMILES string of the molecule is CCc1ccc(-c2ccc(C(=O)NC(CNC)C3CCCCC3)o2)cc1. The van der Waals surface area contributed by atoms with E-state index in [4.69, 9.17) is 4.42 Å². The maximum absolute atomic E-state index is 12.7. The third-order valence-corrected chi connectivity index (χ3v) is 5.44. The van der Waals surface area contributed by atoms with Crippen molar-refractivity contribution in [3.63, 3.8) is 0 Å². The summed E-state index contributed by atoms with van der Waals surface area (Å²) in [5.41, 5.74) is 2.29. The van der Waals surface area contributed by atoms with Gasteiger partial charge in [0.2, 0.25) is 0 Å². The largest absolute Gasteiger partial charge is 0.451 e. The Morgan fingerprint density at radius 2 is 1.85 bits per heavy atom. The highest BCUT2D eigenvalue weighted by Gasteiger charge is 2.26. The molecule has 1 heterocycles. The van der Waals surface area contributed by atoms with Crippen molar-refractivity contribution in [2.75, 3.05) is 13.6 Å². The van der Waals surface area contributed by atoms with Gasteiger partial charge in [-0.05, 0) is 49.9 Å². The molecule has 1 atom stereocenters. The molecule has 1 aromatic carbocycles. The van der Waals surface area contributed by atoms with E-state index < -0.39 is 0 Å². The van der Waals surface area contributed by atoms with Crippen LogP contribution in [0.1, 0.15) is 55.1 Å². The van der Waals surface area contributed by atoms with Crippen molar-refractivity contribution in [1.29, 1.82) is 0 Å². The number of likely N-dealkylation sites (N-methyl/N-ethyl adjacent to an activating group) is 1. The van der Waals surface area contributed by atoms with Crippen LogP contribution in [0.5, 0.6) is 0 Å². The van der Waals surface area contributed by atoms with E-state index in [9.17, 15) is 4.79 Å². The molecule has 2 N–H and O–H groups in total. The lowest BCUT2D eigenvalue weighted by Gasteiger charge is -2.30. The van der Waals surface area contributed by atoms with Gasteiger partial charge in [-0.3, -0.25) is 4.79 Å². The second kappa shape index (κ2) is 9.04. The Morgan fingerprint density at radius 3 is 2.50 bits per heavy atom. The van der Waals surface area contributed by atoms with E-state index in [0.29, 0.717) is 11.7 Å². The number of hydrogen-bond donors (Lipinski definition) is 2. The van der Waals surface area contributed by atoms with Crippen LogP contribution in [0.25, 0.3) is 11.3 Å². The number of rotatable bonds is 7. The molecule has 4 nitrogen and oxygen atoms in total. The van der Waals surface area contributed by atoms with Gasteiger partial charge in [0.15, 0.2) is 5.76 Å². The van der Waals surface area contributed by atoms with E-state index in [1.54, 1.807) is 6.07 Å². The fraction of sp³-hybridized carbons (Fsp3) is 0.500.